The summed E-state index contributed by atoms with van der Waals surface area (Å²) in [7, 11) is 0. The molecule has 2 fully saturated rings. The van der Waals surface area contributed by atoms with E-state index in [1.54, 1.807) is 0 Å². The van der Waals surface area contributed by atoms with E-state index in [0.29, 0.717) is 12.0 Å². The van der Waals surface area contributed by atoms with Gasteiger partial charge < -0.3 is 12.9 Å². The Morgan fingerprint density at radius 2 is 1.94 bits per heavy atom. The Balaban J connectivity index is 0.00000128. The third-order valence-corrected chi connectivity index (χ3v) is 3.74. The molecule has 2 aliphatic rings. The second-order valence-electron chi connectivity index (χ2n) is 4.75. The van der Waals surface area contributed by atoms with Crippen molar-refractivity contribution in [3.8, 4) is 0 Å². The van der Waals surface area contributed by atoms with Gasteiger partial charge in [0.25, 0.3) is 0 Å². The van der Waals surface area contributed by atoms with Crippen molar-refractivity contribution in [2.75, 3.05) is 13.1 Å². The Bertz CT molecular complexity index is 269. The molecule has 0 amide bonds. The molecular weight excluding hydrogens is 241 g/mol. The molecule has 0 aromatic rings. The second-order valence-corrected chi connectivity index (χ2v) is 4.75. The fourth-order valence-electron chi connectivity index (χ4n) is 2.89. The van der Waals surface area contributed by atoms with Crippen molar-refractivity contribution in [3.63, 3.8) is 0 Å². The first-order valence-electron chi connectivity index (χ1n) is 5.60. The van der Waals surface area contributed by atoms with Crippen molar-refractivity contribution in [2.24, 2.45) is 5.92 Å². The van der Waals surface area contributed by atoms with Crippen LogP contribution in [0.4, 0.5) is 12.9 Å². The van der Waals surface area contributed by atoms with Gasteiger partial charge in [-0.2, -0.15) is 0 Å². The predicted molar refractivity (Wildman–Crippen MR) is 55.5 cm³/mol. The molecule has 1 saturated heterocycles. The van der Waals surface area contributed by atoms with Crippen LogP contribution in [0.2, 0.25) is 0 Å². The van der Waals surface area contributed by atoms with Gasteiger partial charge in [0.15, 0.2) is 0 Å². The largest absolute Gasteiger partial charge is 1.00 e. The van der Waals surface area contributed by atoms with Crippen molar-refractivity contribution < 1.29 is 64.3 Å². The number of halogens is 3. The smallest absolute Gasteiger partial charge is 0.445 e. The molecule has 0 N–H and O–H groups in total. The van der Waals surface area contributed by atoms with E-state index in [2.05, 4.69) is 6.58 Å². The summed E-state index contributed by atoms with van der Waals surface area (Å²) in [5.41, 5.74) is -0.539. The minimum Gasteiger partial charge on any atom is -0.445 e. The SMILES string of the molecule is C=C(CN1CCC2CCCC21)[B-](F)(F)F.[K+]. The minimum absolute atomic E-state index is 0. The van der Waals surface area contributed by atoms with Crippen LogP contribution >= 0.6 is 0 Å². The topological polar surface area (TPSA) is 3.24 Å². The van der Waals surface area contributed by atoms with Crippen LogP contribution in [-0.2, 0) is 0 Å². The third kappa shape index (κ3) is 3.36. The van der Waals surface area contributed by atoms with Crippen molar-refractivity contribution in [1.29, 1.82) is 0 Å². The third-order valence-electron chi connectivity index (χ3n) is 3.74. The number of likely N-dealkylation sites (tertiary alicyclic amines) is 1. The monoisotopic (exact) mass is 257 g/mol. The molecule has 16 heavy (non-hydrogen) atoms. The summed E-state index contributed by atoms with van der Waals surface area (Å²) in [5, 5.41) is 0. The fourth-order valence-corrected chi connectivity index (χ4v) is 2.89. The molecule has 1 saturated carbocycles. The van der Waals surface area contributed by atoms with Crippen molar-refractivity contribution in [3.05, 3.63) is 12.1 Å². The molecule has 1 heterocycles. The van der Waals surface area contributed by atoms with Crippen molar-refractivity contribution >= 4 is 6.98 Å². The molecule has 0 bridgehead atoms. The first-order chi connectivity index (χ1) is 6.98. The number of rotatable bonds is 3. The molecule has 2 atom stereocenters. The number of fused-ring (bicyclic) bond motifs is 1. The Kier molecular flexibility index (Phi) is 5.61. The quantitative estimate of drug-likeness (QED) is 0.633. The van der Waals surface area contributed by atoms with Gasteiger partial charge in [-0.05, 0) is 38.3 Å². The zero-order valence-electron chi connectivity index (χ0n) is 9.76. The van der Waals surface area contributed by atoms with E-state index in [1.165, 1.54) is 12.8 Å². The molecule has 6 heteroatoms. The summed E-state index contributed by atoms with van der Waals surface area (Å²) in [5.74, 6) is 0.651. The van der Waals surface area contributed by atoms with Crippen LogP contribution in [-0.4, -0.2) is 31.0 Å². The van der Waals surface area contributed by atoms with Crippen LogP contribution in [0.5, 0.6) is 0 Å². The molecule has 0 radical (unpaired) electrons. The van der Waals surface area contributed by atoms with E-state index in [0.717, 1.165) is 19.4 Å². The minimum atomic E-state index is -4.85. The average molecular weight is 257 g/mol. The molecule has 0 aromatic heterocycles. The molecule has 1 aliphatic carbocycles. The van der Waals surface area contributed by atoms with Gasteiger partial charge in [0.05, 0.1) is 0 Å². The van der Waals surface area contributed by atoms with Gasteiger partial charge >= 0.3 is 58.4 Å². The van der Waals surface area contributed by atoms with Gasteiger partial charge in [-0.15, -0.1) is 12.1 Å². The van der Waals surface area contributed by atoms with Crippen LogP contribution < -0.4 is 51.4 Å². The van der Waals surface area contributed by atoms with Crippen LogP contribution in [0.3, 0.4) is 0 Å². The molecule has 2 rings (SSSR count). The average Bonchev–Trinajstić information content (AvgIpc) is 2.67. The van der Waals surface area contributed by atoms with E-state index in [1.807, 2.05) is 4.90 Å². The van der Waals surface area contributed by atoms with E-state index < -0.39 is 12.4 Å². The van der Waals surface area contributed by atoms with Gasteiger partial charge in [-0.1, -0.05) is 6.42 Å². The molecule has 2 unspecified atom stereocenters. The summed E-state index contributed by atoms with van der Waals surface area (Å²) in [6.45, 7) is -0.831. The van der Waals surface area contributed by atoms with Gasteiger partial charge in [-0.3, -0.25) is 4.90 Å². The normalized spacial score (nSPS) is 29.9. The van der Waals surface area contributed by atoms with E-state index in [9.17, 15) is 12.9 Å². The Labute approximate surface area is 137 Å². The Hall–Kier alpha value is 1.19. The van der Waals surface area contributed by atoms with Gasteiger partial charge in [-0.25, -0.2) is 0 Å². The van der Waals surface area contributed by atoms with Gasteiger partial charge in [0.1, 0.15) is 0 Å². The number of hydrogen-bond donors (Lipinski definition) is 0. The number of nitrogens with zero attached hydrogens (tertiary/aromatic N) is 1. The fraction of sp³-hybridized carbons (Fsp3) is 0.800. The zero-order chi connectivity index (χ0) is 11.1. The molecule has 0 spiro atoms. The maximum atomic E-state index is 12.4. The summed E-state index contributed by atoms with van der Waals surface area (Å²) in [6.07, 6.45) is 4.52. The van der Waals surface area contributed by atoms with E-state index >= 15 is 0 Å². The van der Waals surface area contributed by atoms with Crippen LogP contribution in [0.15, 0.2) is 12.1 Å². The van der Waals surface area contributed by atoms with Crippen LogP contribution in [0.1, 0.15) is 25.7 Å². The number of hydrogen-bond acceptors (Lipinski definition) is 1. The standard InChI is InChI=1S/C10H16BF3N.K/c1-8(11(12,13)14)7-15-6-5-9-3-2-4-10(9)15;/h9-10H,1-7H2;/q-1;+1. The Morgan fingerprint density at radius 3 is 2.56 bits per heavy atom. The molecule has 86 valence electrons. The van der Waals surface area contributed by atoms with Crippen molar-refractivity contribution in [1.82, 2.24) is 4.90 Å². The Morgan fingerprint density at radius 1 is 1.25 bits per heavy atom. The zero-order valence-corrected chi connectivity index (χ0v) is 12.9. The van der Waals surface area contributed by atoms with Crippen LogP contribution in [0.25, 0.3) is 0 Å². The van der Waals surface area contributed by atoms with Crippen LogP contribution in [0, 0.1) is 5.92 Å². The maximum Gasteiger partial charge on any atom is 1.00 e. The van der Waals surface area contributed by atoms with E-state index in [4.69, 9.17) is 0 Å². The maximum absolute atomic E-state index is 12.4. The summed E-state index contributed by atoms with van der Waals surface area (Å²) >= 11 is 0. The predicted octanol–water partition coefficient (Wildman–Crippen LogP) is -0.192. The molecular formula is C10H16BF3KN. The van der Waals surface area contributed by atoms with Gasteiger partial charge in [0, 0.05) is 6.04 Å². The van der Waals surface area contributed by atoms with Gasteiger partial charge in [0.2, 0.25) is 0 Å². The summed E-state index contributed by atoms with van der Waals surface area (Å²) < 4.78 is 37.1. The summed E-state index contributed by atoms with van der Waals surface area (Å²) in [6, 6.07) is 0.403. The van der Waals surface area contributed by atoms with E-state index in [-0.39, 0.29) is 57.9 Å². The second kappa shape index (κ2) is 5.89. The molecule has 1 nitrogen and oxygen atoms in total. The van der Waals surface area contributed by atoms with Crippen molar-refractivity contribution in [2.45, 2.75) is 31.7 Å². The molecule has 1 aliphatic heterocycles. The molecule has 0 aromatic carbocycles. The first kappa shape index (κ1) is 15.2. The first-order valence-corrected chi connectivity index (χ1v) is 5.60. The summed E-state index contributed by atoms with van der Waals surface area (Å²) in [4.78, 5) is 1.98.